The van der Waals surface area contributed by atoms with Crippen LogP contribution >= 0.6 is 0 Å². The zero-order valence-electron chi connectivity index (χ0n) is 8.75. The van der Waals surface area contributed by atoms with E-state index >= 15 is 0 Å². The average molecular weight is 192 g/mol. The molecule has 0 amide bonds. The van der Waals surface area contributed by atoms with E-state index in [1.54, 1.807) is 4.90 Å². The first-order valence-corrected chi connectivity index (χ1v) is 5.32. The lowest BCUT2D eigenvalue weighted by atomic mass is 10.1. The highest BCUT2D eigenvalue weighted by atomic mass is 16.5. The van der Waals surface area contributed by atoms with E-state index in [9.17, 15) is 0 Å². The highest BCUT2D eigenvalue weighted by Gasteiger charge is 2.14. The van der Waals surface area contributed by atoms with Crippen molar-refractivity contribution in [3.63, 3.8) is 0 Å². The van der Waals surface area contributed by atoms with Gasteiger partial charge in [-0.25, -0.2) is 0 Å². The summed E-state index contributed by atoms with van der Waals surface area (Å²) in [6.07, 6.45) is 0. The fraction of sp³-hybridized carbons (Fsp3) is 0.500. The molecule has 76 valence electrons. The van der Waals surface area contributed by atoms with Gasteiger partial charge in [0.25, 0.3) is 0 Å². The van der Waals surface area contributed by atoms with Crippen LogP contribution in [0.25, 0.3) is 0 Å². The molecule has 0 unspecified atom stereocenters. The third-order valence-corrected chi connectivity index (χ3v) is 2.90. The van der Waals surface area contributed by atoms with Gasteiger partial charge in [0, 0.05) is 5.56 Å². The van der Waals surface area contributed by atoms with Crippen molar-refractivity contribution in [2.24, 2.45) is 0 Å². The second-order valence-electron chi connectivity index (χ2n) is 3.97. The normalized spacial score (nSPS) is 18.4. The molecule has 0 saturated carbocycles. The molecule has 1 fully saturated rings. The lowest BCUT2D eigenvalue weighted by Gasteiger charge is -2.24. The fourth-order valence-electron chi connectivity index (χ4n) is 1.91. The Morgan fingerprint density at radius 1 is 1.21 bits per heavy atom. The van der Waals surface area contributed by atoms with E-state index in [0.29, 0.717) is 0 Å². The number of nitrogens with one attached hydrogen (secondary N) is 1. The molecule has 1 aromatic carbocycles. The molecule has 0 spiro atoms. The van der Waals surface area contributed by atoms with Gasteiger partial charge in [0.2, 0.25) is 0 Å². The molecule has 2 heteroatoms. The smallest absolute Gasteiger partial charge is 0.103 e. The van der Waals surface area contributed by atoms with Crippen LogP contribution in [0.5, 0.6) is 0 Å². The lowest BCUT2D eigenvalue weighted by molar-refractivity contribution is -0.921. The topological polar surface area (TPSA) is 13.7 Å². The first-order valence-electron chi connectivity index (χ1n) is 5.32. The number of quaternary nitrogens is 1. The molecule has 1 aliphatic heterocycles. The molecule has 1 aliphatic rings. The molecule has 0 aromatic heterocycles. The van der Waals surface area contributed by atoms with Gasteiger partial charge in [-0.05, 0) is 12.5 Å². The largest absolute Gasteiger partial charge is 0.370 e. The zero-order chi connectivity index (χ0) is 9.80. The number of ether oxygens (including phenoxy) is 1. The molecular weight excluding hydrogens is 174 g/mol. The van der Waals surface area contributed by atoms with Crippen LogP contribution < -0.4 is 4.90 Å². The third-order valence-electron chi connectivity index (χ3n) is 2.90. The van der Waals surface area contributed by atoms with Gasteiger partial charge in [-0.3, -0.25) is 0 Å². The molecule has 0 atom stereocenters. The van der Waals surface area contributed by atoms with E-state index in [1.807, 2.05) is 0 Å². The summed E-state index contributed by atoms with van der Waals surface area (Å²) in [6.45, 7) is 7.47. The minimum absolute atomic E-state index is 0.918. The van der Waals surface area contributed by atoms with Crippen molar-refractivity contribution in [1.82, 2.24) is 0 Å². The second kappa shape index (κ2) is 4.58. The van der Waals surface area contributed by atoms with Crippen molar-refractivity contribution in [3.8, 4) is 0 Å². The molecule has 2 rings (SSSR count). The minimum Gasteiger partial charge on any atom is -0.370 e. The summed E-state index contributed by atoms with van der Waals surface area (Å²) >= 11 is 0. The molecule has 2 nitrogen and oxygen atoms in total. The number of rotatable bonds is 2. The molecule has 1 heterocycles. The summed E-state index contributed by atoms with van der Waals surface area (Å²) in [5.41, 5.74) is 2.89. The Balaban J connectivity index is 1.99. The van der Waals surface area contributed by atoms with Crippen LogP contribution in [0.4, 0.5) is 0 Å². The predicted molar refractivity (Wildman–Crippen MR) is 56.4 cm³/mol. The first-order chi connectivity index (χ1) is 6.86. The second-order valence-corrected chi connectivity index (χ2v) is 3.97. The molecule has 1 aromatic rings. The first kappa shape index (κ1) is 9.69. The summed E-state index contributed by atoms with van der Waals surface area (Å²) in [4.78, 5) is 1.64. The molecule has 1 saturated heterocycles. The van der Waals surface area contributed by atoms with E-state index < -0.39 is 0 Å². The van der Waals surface area contributed by atoms with Gasteiger partial charge in [-0.2, -0.15) is 0 Å². The summed E-state index contributed by atoms with van der Waals surface area (Å²) in [5, 5.41) is 0. The van der Waals surface area contributed by atoms with Gasteiger partial charge in [0.15, 0.2) is 0 Å². The number of benzene rings is 1. The van der Waals surface area contributed by atoms with E-state index in [2.05, 4.69) is 31.2 Å². The van der Waals surface area contributed by atoms with Gasteiger partial charge >= 0.3 is 0 Å². The molecule has 0 radical (unpaired) electrons. The molecule has 0 aliphatic carbocycles. The minimum atomic E-state index is 0.918. The van der Waals surface area contributed by atoms with Crippen molar-refractivity contribution in [1.29, 1.82) is 0 Å². The summed E-state index contributed by atoms with van der Waals surface area (Å²) in [6, 6.07) is 8.66. The number of hydrogen-bond donors (Lipinski definition) is 1. The van der Waals surface area contributed by atoms with Crippen LogP contribution in [0.15, 0.2) is 24.3 Å². The Hall–Kier alpha value is -0.860. The molecule has 0 bridgehead atoms. The number of morpholine rings is 1. The fourth-order valence-corrected chi connectivity index (χ4v) is 1.91. The molecule has 1 N–H and O–H groups in total. The zero-order valence-corrected chi connectivity index (χ0v) is 8.75. The third kappa shape index (κ3) is 2.34. The van der Waals surface area contributed by atoms with Gasteiger partial charge in [-0.1, -0.05) is 24.3 Å². The Bertz CT molecular complexity index is 292. The maximum Gasteiger partial charge on any atom is 0.103 e. The summed E-state index contributed by atoms with van der Waals surface area (Å²) in [7, 11) is 0. The van der Waals surface area contributed by atoms with Gasteiger partial charge in [0.05, 0.1) is 13.2 Å². The van der Waals surface area contributed by atoms with E-state index in [1.165, 1.54) is 11.1 Å². The highest BCUT2D eigenvalue weighted by molar-refractivity contribution is 5.24. The summed E-state index contributed by atoms with van der Waals surface area (Å²) in [5.74, 6) is 0. The SMILES string of the molecule is Cc1ccccc1C[NH+]1CCOCC1. The van der Waals surface area contributed by atoms with Crippen LogP contribution in [-0.2, 0) is 11.3 Å². The Labute approximate surface area is 85.5 Å². The van der Waals surface area contributed by atoms with E-state index in [4.69, 9.17) is 4.74 Å². The lowest BCUT2D eigenvalue weighted by Crippen LogP contribution is -3.12. The average Bonchev–Trinajstić information content (AvgIpc) is 2.23. The van der Waals surface area contributed by atoms with Crippen LogP contribution in [0.3, 0.4) is 0 Å². The monoisotopic (exact) mass is 192 g/mol. The van der Waals surface area contributed by atoms with Crippen LogP contribution in [-0.4, -0.2) is 26.3 Å². The Morgan fingerprint density at radius 3 is 2.64 bits per heavy atom. The quantitative estimate of drug-likeness (QED) is 0.716. The molecule has 14 heavy (non-hydrogen) atoms. The maximum absolute atomic E-state index is 5.35. The Morgan fingerprint density at radius 2 is 1.93 bits per heavy atom. The van der Waals surface area contributed by atoms with Crippen LogP contribution in [0.2, 0.25) is 0 Å². The van der Waals surface area contributed by atoms with Gasteiger partial charge < -0.3 is 9.64 Å². The van der Waals surface area contributed by atoms with Crippen molar-refractivity contribution < 1.29 is 9.64 Å². The van der Waals surface area contributed by atoms with Crippen LogP contribution in [0, 0.1) is 6.92 Å². The van der Waals surface area contributed by atoms with Crippen LogP contribution in [0.1, 0.15) is 11.1 Å². The number of aryl methyl sites for hydroxylation is 1. The van der Waals surface area contributed by atoms with Crippen molar-refractivity contribution >= 4 is 0 Å². The Kier molecular flexibility index (Phi) is 3.17. The summed E-state index contributed by atoms with van der Waals surface area (Å²) < 4.78 is 5.35. The van der Waals surface area contributed by atoms with Crippen molar-refractivity contribution in [2.75, 3.05) is 26.3 Å². The maximum atomic E-state index is 5.35. The van der Waals surface area contributed by atoms with E-state index in [-0.39, 0.29) is 0 Å². The number of hydrogen-bond acceptors (Lipinski definition) is 1. The standard InChI is InChI=1S/C12H17NO/c1-11-4-2-3-5-12(11)10-13-6-8-14-9-7-13/h2-5H,6-10H2,1H3/p+1. The van der Waals surface area contributed by atoms with Crippen molar-refractivity contribution in [2.45, 2.75) is 13.5 Å². The highest BCUT2D eigenvalue weighted by Crippen LogP contribution is 2.04. The van der Waals surface area contributed by atoms with Gasteiger partial charge in [-0.15, -0.1) is 0 Å². The molecular formula is C12H18NO+. The van der Waals surface area contributed by atoms with Crippen molar-refractivity contribution in [3.05, 3.63) is 35.4 Å². The predicted octanol–water partition coefficient (Wildman–Crippen LogP) is 0.410. The van der Waals surface area contributed by atoms with Gasteiger partial charge in [0.1, 0.15) is 19.6 Å². The van der Waals surface area contributed by atoms with E-state index in [0.717, 1.165) is 32.8 Å².